The van der Waals surface area contributed by atoms with Gasteiger partial charge in [-0.1, -0.05) is 82.4 Å². The molecule has 0 aromatic heterocycles. The van der Waals surface area contributed by atoms with Crippen molar-refractivity contribution in [1.29, 1.82) is 0 Å². The number of hydrogen-bond donors (Lipinski definition) is 1. The molecular weight excluding hydrogens is 1140 g/mol. The van der Waals surface area contributed by atoms with Crippen LogP contribution in [0.15, 0.2) is 74.2 Å². The smallest absolute Gasteiger partial charge is 0.313 e. The summed E-state index contributed by atoms with van der Waals surface area (Å²) < 4.78 is 120. The molecule has 0 unspecified atom stereocenters. The standard InChI is InChI=1S/2C11H15ClN2O5S.C11H18N2O3S.C7H5Cl2NO5S/c2*1-4-13(5-2)20(17,18)10-7-8(12)6-9(14(15)16)11(10)19-3;1-4-13(5-2)17(14,15)10-8-6-7-9(12)11(10)16-3;1-15-7-5(10(11)12)2-4(8)3-6(7)16(9,13)14/h2*6-7H,4-5H2,1-3H3;6-8H,4-5,12H2,1-3H3;2-3H,1H3. The maximum absolute atomic E-state index is 12.5. The minimum absolute atomic E-state index is 0.0387. The van der Waals surface area contributed by atoms with Crippen LogP contribution in [0.2, 0.25) is 15.1 Å². The first-order valence-electron chi connectivity index (χ1n) is 20.8. The summed E-state index contributed by atoms with van der Waals surface area (Å²) in [5.74, 6) is -0.860. The highest BCUT2D eigenvalue weighted by atomic mass is 35.7. The number of nitrogen functional groups attached to an aromatic ring is 1. The molecule has 0 bridgehead atoms. The highest BCUT2D eigenvalue weighted by Crippen LogP contribution is 2.41. The summed E-state index contributed by atoms with van der Waals surface area (Å²) in [6.07, 6.45) is 0. The molecule has 0 spiro atoms. The van der Waals surface area contributed by atoms with E-state index >= 15 is 0 Å². The Bertz CT molecular complexity index is 2960. The summed E-state index contributed by atoms with van der Waals surface area (Å²) >= 11 is 17.1. The average Bonchev–Trinajstić information content (AvgIpc) is 3.31. The van der Waals surface area contributed by atoms with Gasteiger partial charge >= 0.3 is 17.1 Å². The minimum atomic E-state index is -4.17. The second kappa shape index (κ2) is 28.6. The van der Waals surface area contributed by atoms with E-state index in [0.717, 1.165) is 43.5 Å². The molecule has 4 aromatic rings. The van der Waals surface area contributed by atoms with Gasteiger partial charge in [0, 0.05) is 83.2 Å². The molecule has 0 saturated carbocycles. The Morgan fingerprint density at radius 2 is 0.726 bits per heavy atom. The number of halogens is 4. The second-order valence-corrected chi connectivity index (χ2v) is 23.3. The van der Waals surface area contributed by atoms with Crippen molar-refractivity contribution >= 4 is 107 Å². The monoisotopic (exact) mass is 1190 g/mol. The Balaban J connectivity index is 0.000000489. The number of nitrogens with zero attached hydrogens (tertiary/aromatic N) is 6. The third kappa shape index (κ3) is 16.5. The van der Waals surface area contributed by atoms with Crippen molar-refractivity contribution in [2.24, 2.45) is 0 Å². The zero-order valence-corrected chi connectivity index (χ0v) is 47.0. The molecule has 4 rings (SSSR count). The summed E-state index contributed by atoms with van der Waals surface area (Å²) in [6, 6.07) is 11.1. The predicted octanol–water partition coefficient (Wildman–Crippen LogP) is 8.07. The molecule has 2 N–H and O–H groups in total. The van der Waals surface area contributed by atoms with Crippen molar-refractivity contribution in [3.63, 3.8) is 0 Å². The van der Waals surface area contributed by atoms with E-state index in [1.54, 1.807) is 53.7 Å². The fourth-order valence-electron chi connectivity index (χ4n) is 6.31. The molecule has 25 nitrogen and oxygen atoms in total. The number of nitro benzene ring substituents is 3. The van der Waals surface area contributed by atoms with Crippen LogP contribution in [0.1, 0.15) is 41.5 Å². The van der Waals surface area contributed by atoms with Gasteiger partial charge in [-0.3, -0.25) is 30.3 Å². The fraction of sp³-hybridized carbons (Fsp3) is 0.400. The number of nitro groups is 3. The van der Waals surface area contributed by atoms with Crippen molar-refractivity contribution in [2.75, 3.05) is 73.4 Å². The topological polar surface area (TPSA) is 339 Å². The van der Waals surface area contributed by atoms with E-state index in [4.69, 9.17) is 65.4 Å². The summed E-state index contributed by atoms with van der Waals surface area (Å²) in [7, 11) is -5.54. The molecule has 4 aromatic carbocycles. The molecule has 0 aliphatic carbocycles. The van der Waals surface area contributed by atoms with Crippen LogP contribution in [0.25, 0.3) is 0 Å². The highest BCUT2D eigenvalue weighted by Gasteiger charge is 2.34. The summed E-state index contributed by atoms with van der Waals surface area (Å²) in [6.45, 7) is 12.1. The zero-order valence-electron chi connectivity index (χ0n) is 40.7. The van der Waals surface area contributed by atoms with Gasteiger partial charge in [-0.15, -0.1) is 0 Å². The molecule has 0 aliphatic heterocycles. The molecule has 73 heavy (non-hydrogen) atoms. The quantitative estimate of drug-likeness (QED) is 0.0378. The van der Waals surface area contributed by atoms with E-state index in [0.29, 0.717) is 18.8 Å². The molecule has 0 heterocycles. The summed E-state index contributed by atoms with van der Waals surface area (Å²) in [5, 5.41) is 32.4. The van der Waals surface area contributed by atoms with E-state index in [-0.39, 0.29) is 73.2 Å². The Labute approximate surface area is 442 Å². The number of ether oxygens (including phenoxy) is 4. The fourth-order valence-corrected chi connectivity index (χ4v) is 13.1. The Morgan fingerprint density at radius 1 is 0.466 bits per heavy atom. The Hall–Kier alpha value is -5.08. The molecule has 33 heteroatoms. The van der Waals surface area contributed by atoms with E-state index < -0.39 is 81.6 Å². The van der Waals surface area contributed by atoms with Crippen LogP contribution in [-0.4, -0.2) is 129 Å². The number of para-hydroxylation sites is 1. The number of benzene rings is 4. The molecule has 0 atom stereocenters. The lowest BCUT2D eigenvalue weighted by atomic mass is 10.3. The lowest BCUT2D eigenvalue weighted by Crippen LogP contribution is -2.31. The van der Waals surface area contributed by atoms with Gasteiger partial charge in [-0.25, -0.2) is 33.7 Å². The molecule has 0 saturated heterocycles. The maximum atomic E-state index is 12.5. The van der Waals surface area contributed by atoms with Gasteiger partial charge in [0.15, 0.2) is 5.75 Å². The molecule has 0 radical (unpaired) electrons. The van der Waals surface area contributed by atoms with E-state index in [1.807, 2.05) is 0 Å². The molecule has 0 aliphatic rings. The van der Waals surface area contributed by atoms with E-state index in [2.05, 4.69) is 4.74 Å². The van der Waals surface area contributed by atoms with Crippen LogP contribution in [0.4, 0.5) is 22.7 Å². The second-order valence-electron chi connectivity index (χ2n) is 13.7. The molecule has 0 amide bonds. The van der Waals surface area contributed by atoms with Gasteiger partial charge in [0.1, 0.15) is 19.6 Å². The SMILES string of the molecule is CCN(CC)S(=O)(=O)c1cc(Cl)cc([N+](=O)[O-])c1OC.CCN(CC)S(=O)(=O)c1cc(Cl)cc([N+](=O)[O-])c1OC.CCN(CC)S(=O)(=O)c1cccc(N)c1OC.COc1c([N+](=O)[O-])cc(Cl)cc1S(=O)(=O)Cl. The van der Waals surface area contributed by atoms with Crippen LogP contribution < -0.4 is 24.7 Å². The number of anilines is 1. The maximum Gasteiger partial charge on any atom is 0.313 e. The number of hydrogen-bond acceptors (Lipinski definition) is 19. The largest absolute Gasteiger partial charge is 0.493 e. The van der Waals surface area contributed by atoms with Crippen LogP contribution in [-0.2, 0) is 39.1 Å². The summed E-state index contributed by atoms with van der Waals surface area (Å²) in [4.78, 5) is 29.3. The Morgan fingerprint density at radius 3 is 0.973 bits per heavy atom. The van der Waals surface area contributed by atoms with E-state index in [9.17, 15) is 64.0 Å². The third-order valence-electron chi connectivity index (χ3n) is 9.65. The predicted molar refractivity (Wildman–Crippen MR) is 275 cm³/mol. The van der Waals surface area contributed by atoms with Gasteiger partial charge in [0.25, 0.3) is 9.05 Å². The zero-order chi connectivity index (χ0) is 56.6. The summed E-state index contributed by atoms with van der Waals surface area (Å²) in [5.41, 5.74) is 4.50. The lowest BCUT2D eigenvalue weighted by molar-refractivity contribution is -0.386. The minimum Gasteiger partial charge on any atom is -0.493 e. The normalized spacial score (nSPS) is 11.6. The van der Waals surface area contributed by atoms with Gasteiger partial charge in [-0.2, -0.15) is 12.9 Å². The van der Waals surface area contributed by atoms with Gasteiger partial charge in [0.05, 0.1) is 48.9 Å². The van der Waals surface area contributed by atoms with Crippen molar-refractivity contribution < 1.29 is 67.4 Å². The number of methoxy groups -OCH3 is 4. The van der Waals surface area contributed by atoms with Crippen LogP contribution in [0, 0.1) is 30.3 Å². The van der Waals surface area contributed by atoms with Gasteiger partial charge < -0.3 is 24.7 Å². The van der Waals surface area contributed by atoms with Crippen LogP contribution >= 0.6 is 45.5 Å². The molecule has 408 valence electrons. The first kappa shape index (κ1) is 65.9. The van der Waals surface area contributed by atoms with Crippen LogP contribution in [0.3, 0.4) is 0 Å². The number of nitrogens with two attached hydrogens (primary N) is 1. The van der Waals surface area contributed by atoms with Crippen molar-refractivity contribution in [3.05, 3.63) is 100 Å². The Kier molecular flexibility index (Phi) is 25.8. The molecular formula is C40H53Cl4N7O18S4. The average molecular weight is 1190 g/mol. The van der Waals surface area contributed by atoms with Crippen molar-refractivity contribution in [2.45, 2.75) is 61.1 Å². The molecule has 0 fully saturated rings. The lowest BCUT2D eigenvalue weighted by Gasteiger charge is -2.20. The van der Waals surface area contributed by atoms with Crippen molar-refractivity contribution in [3.8, 4) is 23.0 Å². The highest BCUT2D eigenvalue weighted by molar-refractivity contribution is 8.13. The first-order valence-corrected chi connectivity index (χ1v) is 28.5. The van der Waals surface area contributed by atoms with Gasteiger partial charge in [-0.05, 0) is 30.3 Å². The van der Waals surface area contributed by atoms with Crippen LogP contribution in [0.5, 0.6) is 23.0 Å². The number of sulfonamides is 3. The van der Waals surface area contributed by atoms with Crippen molar-refractivity contribution in [1.82, 2.24) is 12.9 Å². The number of rotatable bonds is 20. The van der Waals surface area contributed by atoms with Gasteiger partial charge in [0.2, 0.25) is 47.3 Å². The van der Waals surface area contributed by atoms with E-state index in [1.165, 1.54) is 40.3 Å². The first-order chi connectivity index (χ1) is 33.8. The third-order valence-corrected chi connectivity index (χ3v) is 17.8.